The van der Waals surface area contributed by atoms with Crippen LogP contribution in [0.4, 0.5) is 0 Å². The third kappa shape index (κ3) is 4.28. The number of benzene rings is 1. The fourth-order valence-electron chi connectivity index (χ4n) is 6.81. The van der Waals surface area contributed by atoms with Crippen LogP contribution >= 0.6 is 11.3 Å². The van der Waals surface area contributed by atoms with Crippen LogP contribution in [0.25, 0.3) is 21.5 Å². The summed E-state index contributed by atoms with van der Waals surface area (Å²) in [6.45, 7) is 12.8. The summed E-state index contributed by atoms with van der Waals surface area (Å²) in [5, 5.41) is 7.56. The fraction of sp³-hybridized carbons (Fsp3) is 0.548. The molecule has 0 radical (unpaired) electrons. The van der Waals surface area contributed by atoms with Crippen molar-refractivity contribution < 1.29 is 9.59 Å². The lowest BCUT2D eigenvalue weighted by molar-refractivity contribution is -0.137. The van der Waals surface area contributed by atoms with Crippen molar-refractivity contribution in [3.63, 3.8) is 0 Å². The van der Waals surface area contributed by atoms with Gasteiger partial charge in [-0.25, -0.2) is 0 Å². The summed E-state index contributed by atoms with van der Waals surface area (Å²) in [4.78, 5) is 34.6. The molecule has 7 heteroatoms. The first-order valence-electron chi connectivity index (χ1n) is 14.2. The summed E-state index contributed by atoms with van der Waals surface area (Å²) in [7, 11) is 0. The second-order valence-electron chi connectivity index (χ2n) is 12.4. The maximum Gasteiger partial charge on any atom is 0.233 e. The molecular weight excluding hydrogens is 492 g/mol. The van der Waals surface area contributed by atoms with Gasteiger partial charge in [-0.2, -0.15) is 0 Å². The van der Waals surface area contributed by atoms with Crippen molar-refractivity contribution in [1.29, 1.82) is 0 Å². The highest BCUT2D eigenvalue weighted by molar-refractivity contribution is 7.19. The average Bonchev–Trinajstić information content (AvgIpc) is 3.59. The summed E-state index contributed by atoms with van der Waals surface area (Å²) in [5.74, 6) is 0.602. The Labute approximate surface area is 229 Å². The highest BCUT2D eigenvalue weighted by atomic mass is 32.1. The predicted octanol–water partition coefficient (Wildman–Crippen LogP) is 5.38. The van der Waals surface area contributed by atoms with Crippen molar-refractivity contribution in [2.45, 2.75) is 83.7 Å². The lowest BCUT2D eigenvalue weighted by Crippen LogP contribution is -2.51. The number of H-pyrrole nitrogens is 1. The molecule has 1 aromatic carbocycles. The number of carbonyl (C=O) groups excluding carboxylic acids is 2. The van der Waals surface area contributed by atoms with Crippen LogP contribution in [0, 0.1) is 19.8 Å². The molecule has 0 aliphatic carbocycles. The zero-order chi connectivity index (χ0) is 26.8. The van der Waals surface area contributed by atoms with E-state index in [1.807, 2.05) is 0 Å². The molecule has 3 aliphatic heterocycles. The maximum atomic E-state index is 13.9. The Morgan fingerprint density at radius 1 is 1.05 bits per heavy atom. The van der Waals surface area contributed by atoms with Crippen LogP contribution in [0.3, 0.4) is 0 Å². The molecule has 6 rings (SSSR count). The molecule has 3 aromatic rings. The zero-order valence-corrected chi connectivity index (χ0v) is 24.1. The summed E-state index contributed by atoms with van der Waals surface area (Å²) >= 11 is 1.71. The Hall–Kier alpha value is -2.64. The van der Waals surface area contributed by atoms with Gasteiger partial charge in [-0.05, 0) is 82.7 Å². The number of fused-ring (bicyclic) bond motifs is 3. The third-order valence-corrected chi connectivity index (χ3v) is 10.5. The van der Waals surface area contributed by atoms with Crippen LogP contribution in [0.1, 0.15) is 73.9 Å². The molecule has 3 saturated heterocycles. The predicted molar refractivity (Wildman–Crippen MR) is 155 cm³/mol. The summed E-state index contributed by atoms with van der Waals surface area (Å²) in [6, 6.07) is 9.77. The van der Waals surface area contributed by atoms with Crippen LogP contribution in [0.2, 0.25) is 0 Å². The first-order valence-corrected chi connectivity index (χ1v) is 15.0. The van der Waals surface area contributed by atoms with E-state index < -0.39 is 5.41 Å². The largest absolute Gasteiger partial charge is 0.355 e. The van der Waals surface area contributed by atoms with Crippen molar-refractivity contribution in [3.05, 3.63) is 45.8 Å². The van der Waals surface area contributed by atoms with E-state index in [4.69, 9.17) is 0 Å². The number of nitrogens with one attached hydrogen (secondary N) is 3. The maximum absolute atomic E-state index is 13.9. The van der Waals surface area contributed by atoms with E-state index >= 15 is 0 Å². The monoisotopic (exact) mass is 532 g/mol. The summed E-state index contributed by atoms with van der Waals surface area (Å²) < 4.78 is 0. The van der Waals surface area contributed by atoms with Gasteiger partial charge >= 0.3 is 0 Å². The second kappa shape index (κ2) is 9.53. The van der Waals surface area contributed by atoms with E-state index in [0.717, 1.165) is 54.2 Å². The van der Waals surface area contributed by atoms with Gasteiger partial charge in [-0.15, -0.1) is 11.3 Å². The van der Waals surface area contributed by atoms with Crippen LogP contribution in [-0.2, 0) is 15.0 Å². The number of hydrogen-bond donors (Lipinski definition) is 3. The lowest BCUT2D eigenvalue weighted by atomic mass is 9.88. The highest BCUT2D eigenvalue weighted by Crippen LogP contribution is 2.45. The van der Waals surface area contributed by atoms with Crippen LogP contribution in [-0.4, -0.2) is 53.4 Å². The minimum absolute atomic E-state index is 0.0766. The third-order valence-electron chi connectivity index (χ3n) is 9.11. The Bertz CT molecular complexity index is 1360. The lowest BCUT2D eigenvalue weighted by Gasteiger charge is -2.31. The Morgan fingerprint density at radius 2 is 1.68 bits per heavy atom. The number of carbonyl (C=O) groups is 2. The van der Waals surface area contributed by atoms with Gasteiger partial charge in [0.25, 0.3) is 0 Å². The quantitative estimate of drug-likeness (QED) is 0.382. The minimum atomic E-state index is -0.568. The molecule has 3 N–H and O–H groups in total. The second-order valence-corrected chi connectivity index (χ2v) is 13.5. The Kier molecular flexibility index (Phi) is 6.42. The molecule has 2 aromatic heterocycles. The van der Waals surface area contributed by atoms with Gasteiger partial charge in [0.05, 0.1) is 17.0 Å². The first kappa shape index (κ1) is 25.6. The number of aryl methyl sites for hydroxylation is 2. The number of nitrogens with zero attached hydrogens (tertiary/aromatic N) is 1. The van der Waals surface area contributed by atoms with E-state index in [2.05, 4.69) is 79.4 Å². The van der Waals surface area contributed by atoms with Gasteiger partial charge in [0.15, 0.2) is 0 Å². The summed E-state index contributed by atoms with van der Waals surface area (Å²) in [6.07, 6.45) is 4.62. The normalized spacial score (nSPS) is 22.2. The number of hydrogen-bond acceptors (Lipinski definition) is 4. The van der Waals surface area contributed by atoms with Gasteiger partial charge in [0.2, 0.25) is 11.8 Å². The molecule has 0 saturated carbocycles. The SMILES string of the molecule is Cc1cc(C)cc(-c2[nH]c3sc(C(C)(C)C(=O)N4C5CCC4CC5)cc3c2[C@H](C)CNC(=O)C2CNC2)c1. The molecule has 3 aliphatic rings. The highest BCUT2D eigenvalue weighted by Gasteiger charge is 2.47. The van der Waals surface area contributed by atoms with Gasteiger partial charge in [-0.1, -0.05) is 24.1 Å². The molecule has 0 spiro atoms. The van der Waals surface area contributed by atoms with Gasteiger partial charge in [0.1, 0.15) is 4.83 Å². The number of aromatic nitrogens is 1. The Balaban J connectivity index is 1.37. The molecule has 2 amide bonds. The van der Waals surface area contributed by atoms with Crippen LogP contribution < -0.4 is 10.6 Å². The molecule has 38 heavy (non-hydrogen) atoms. The van der Waals surface area contributed by atoms with Crippen molar-refractivity contribution in [2.24, 2.45) is 5.92 Å². The molecule has 3 fully saturated rings. The first-order chi connectivity index (χ1) is 18.1. The molecule has 202 valence electrons. The molecular formula is C31H40N4O2S. The molecule has 0 unspecified atom stereocenters. The van der Waals surface area contributed by atoms with E-state index in [0.29, 0.717) is 18.6 Å². The number of aromatic amines is 1. The summed E-state index contributed by atoms with van der Waals surface area (Å²) in [5.41, 5.74) is 5.42. The van der Waals surface area contributed by atoms with Gasteiger partial charge in [0, 0.05) is 47.9 Å². The van der Waals surface area contributed by atoms with Gasteiger partial charge in [-0.3, -0.25) is 9.59 Å². The standard InChI is InChI=1S/C31H40N4O2S/c1-17-10-18(2)12-20(11-17)27-26(19(3)14-33-28(36)21-15-32-16-21)24-13-25(38-29(24)34-27)31(4,5)30(37)35-22-6-7-23(35)9-8-22/h10-13,19,21-23,32,34H,6-9,14-16H2,1-5H3,(H,33,36)/t19-,22?,23?/m1/s1. The molecule has 5 heterocycles. The van der Waals surface area contributed by atoms with Crippen molar-refractivity contribution in [2.75, 3.05) is 19.6 Å². The van der Waals surface area contributed by atoms with E-state index in [-0.39, 0.29) is 23.7 Å². The Morgan fingerprint density at radius 3 is 2.26 bits per heavy atom. The van der Waals surface area contributed by atoms with Crippen molar-refractivity contribution >= 4 is 33.4 Å². The molecule has 2 bridgehead atoms. The molecule has 1 atom stereocenters. The van der Waals surface area contributed by atoms with Gasteiger partial charge < -0.3 is 20.5 Å². The number of rotatable bonds is 7. The topological polar surface area (TPSA) is 77.2 Å². The van der Waals surface area contributed by atoms with Crippen LogP contribution in [0.5, 0.6) is 0 Å². The zero-order valence-electron chi connectivity index (χ0n) is 23.2. The molecule has 6 nitrogen and oxygen atoms in total. The smallest absolute Gasteiger partial charge is 0.233 e. The van der Waals surface area contributed by atoms with Crippen LogP contribution in [0.15, 0.2) is 24.3 Å². The minimum Gasteiger partial charge on any atom is -0.355 e. The average molecular weight is 533 g/mol. The van der Waals surface area contributed by atoms with Crippen molar-refractivity contribution in [1.82, 2.24) is 20.5 Å². The van der Waals surface area contributed by atoms with E-state index in [1.54, 1.807) is 11.3 Å². The van der Waals surface area contributed by atoms with Crippen molar-refractivity contribution in [3.8, 4) is 11.3 Å². The van der Waals surface area contributed by atoms with E-state index in [1.165, 1.54) is 27.6 Å². The van der Waals surface area contributed by atoms with E-state index in [9.17, 15) is 9.59 Å². The fourth-order valence-corrected chi connectivity index (χ4v) is 7.98. The number of thiophene rings is 1. The number of amides is 2.